The number of alkyl halides is 3. The van der Waals surface area contributed by atoms with Crippen LogP contribution < -0.4 is 15.4 Å². The molecule has 3 N–H and O–H groups in total. The molecule has 0 spiro atoms. The second-order valence-electron chi connectivity index (χ2n) is 11.1. The smallest absolute Gasteiger partial charge is 0.356 e. The fourth-order valence-corrected chi connectivity index (χ4v) is 5.56. The summed E-state index contributed by atoms with van der Waals surface area (Å²) in [4.78, 5) is 39.8. The monoisotopic (exact) mass is 551 g/mol. The zero-order valence-corrected chi connectivity index (χ0v) is 22.5. The number of carbonyl (C=O) groups is 3. The van der Waals surface area contributed by atoms with E-state index in [1.54, 1.807) is 0 Å². The van der Waals surface area contributed by atoms with Gasteiger partial charge in [-0.25, -0.2) is 8.42 Å². The van der Waals surface area contributed by atoms with Crippen LogP contribution in [0.3, 0.4) is 0 Å². The van der Waals surface area contributed by atoms with Crippen molar-refractivity contribution in [1.82, 2.24) is 20.3 Å². The van der Waals surface area contributed by atoms with Crippen molar-refractivity contribution < 1.29 is 36.0 Å². The summed E-state index contributed by atoms with van der Waals surface area (Å²) in [6.07, 6.45) is 1.24. The summed E-state index contributed by atoms with van der Waals surface area (Å²) in [5, 5.41) is 14.8. The van der Waals surface area contributed by atoms with E-state index in [-0.39, 0.29) is 36.6 Å². The van der Waals surface area contributed by atoms with Crippen molar-refractivity contribution in [3.63, 3.8) is 0 Å². The Morgan fingerprint density at radius 1 is 1.22 bits per heavy atom. The SMILES string of the molecule is CC(C)[C@H](NS(=O)(=O)C(F)(F)F)C(=O)N1CC[C@@H](C(C)(C)C)C[C@@H]1C(=O)N[C@H](C#N)C[C@@H]1CCNC1=O. The van der Waals surface area contributed by atoms with Gasteiger partial charge in [0.1, 0.15) is 18.1 Å². The number of likely N-dealkylation sites (tertiary alicyclic amines) is 1. The van der Waals surface area contributed by atoms with Gasteiger partial charge in [-0.15, -0.1) is 0 Å². The third-order valence-electron chi connectivity index (χ3n) is 7.09. The van der Waals surface area contributed by atoms with Crippen molar-refractivity contribution >= 4 is 27.7 Å². The number of rotatable bonds is 8. The van der Waals surface area contributed by atoms with Crippen LogP contribution in [0.5, 0.6) is 0 Å². The third kappa shape index (κ3) is 7.56. The molecule has 0 aromatic heterocycles. The number of piperidine rings is 1. The highest BCUT2D eigenvalue weighted by molar-refractivity contribution is 7.90. The molecule has 0 bridgehead atoms. The Bertz CT molecular complexity index is 1020. The minimum atomic E-state index is -5.82. The molecule has 2 heterocycles. The maximum Gasteiger partial charge on any atom is 0.511 e. The number of nitrogens with zero attached hydrogens (tertiary/aromatic N) is 2. The first kappa shape index (κ1) is 30.8. The molecule has 3 amide bonds. The van der Waals surface area contributed by atoms with E-state index in [0.717, 1.165) is 4.90 Å². The second-order valence-corrected chi connectivity index (χ2v) is 12.8. The lowest BCUT2D eigenvalue weighted by Crippen LogP contribution is -2.61. The molecule has 0 aliphatic carbocycles. The molecular formula is C23H36F3N5O5S. The summed E-state index contributed by atoms with van der Waals surface area (Å²) < 4.78 is 64.1. The van der Waals surface area contributed by atoms with Gasteiger partial charge >= 0.3 is 15.5 Å². The van der Waals surface area contributed by atoms with Crippen LogP contribution in [-0.4, -0.2) is 67.8 Å². The molecular weight excluding hydrogens is 515 g/mol. The quantitative estimate of drug-likeness (QED) is 0.418. The van der Waals surface area contributed by atoms with Gasteiger partial charge in [-0.2, -0.15) is 23.2 Å². The average molecular weight is 552 g/mol. The maximum absolute atomic E-state index is 13.4. The summed E-state index contributed by atoms with van der Waals surface area (Å²) in [6, 6.07) is -1.93. The van der Waals surface area contributed by atoms with Crippen LogP contribution in [0.15, 0.2) is 0 Å². The van der Waals surface area contributed by atoms with Crippen LogP contribution in [0.2, 0.25) is 0 Å². The molecule has 0 saturated carbocycles. The van der Waals surface area contributed by atoms with E-state index in [9.17, 15) is 41.2 Å². The molecule has 10 nitrogen and oxygen atoms in total. The molecule has 0 unspecified atom stereocenters. The first-order valence-electron chi connectivity index (χ1n) is 12.3. The normalized spacial score (nSPS) is 24.8. The van der Waals surface area contributed by atoms with Crippen molar-refractivity contribution in [2.75, 3.05) is 13.1 Å². The Hall–Kier alpha value is -2.40. The predicted molar refractivity (Wildman–Crippen MR) is 128 cm³/mol. The van der Waals surface area contributed by atoms with Crippen LogP contribution in [0.4, 0.5) is 13.2 Å². The zero-order valence-electron chi connectivity index (χ0n) is 21.7. The van der Waals surface area contributed by atoms with Gasteiger partial charge in [0.05, 0.1) is 6.07 Å². The molecule has 210 valence electrons. The van der Waals surface area contributed by atoms with E-state index in [1.165, 1.54) is 18.6 Å². The van der Waals surface area contributed by atoms with Crippen molar-refractivity contribution in [2.24, 2.45) is 23.2 Å². The second kappa shape index (κ2) is 11.6. The van der Waals surface area contributed by atoms with Crippen molar-refractivity contribution in [2.45, 2.75) is 83.9 Å². The number of amides is 3. The molecule has 0 aromatic rings. The van der Waals surface area contributed by atoms with E-state index in [4.69, 9.17) is 0 Å². The van der Waals surface area contributed by atoms with Crippen molar-refractivity contribution in [3.8, 4) is 6.07 Å². The first-order valence-corrected chi connectivity index (χ1v) is 13.7. The lowest BCUT2D eigenvalue weighted by Gasteiger charge is -2.44. The molecule has 0 aromatic carbocycles. The summed E-state index contributed by atoms with van der Waals surface area (Å²) in [7, 11) is -5.82. The fraction of sp³-hybridized carbons (Fsp3) is 0.826. The Morgan fingerprint density at radius 3 is 2.30 bits per heavy atom. The Balaban J connectivity index is 2.32. The van der Waals surface area contributed by atoms with Crippen LogP contribution in [-0.2, 0) is 24.4 Å². The zero-order chi connectivity index (χ0) is 28.3. The number of hydrogen-bond acceptors (Lipinski definition) is 6. The standard InChI is InChI=1S/C23H36F3N5O5S/c1-13(2)18(30-37(35,36)23(24,25)26)21(34)31-9-7-15(22(3,4)5)11-17(31)20(33)29-16(12-27)10-14-6-8-28-19(14)32/h13-18,30H,6-11H2,1-5H3,(H,28,32)(H,29,33)/t14-,15+,16-,17+,18-/m0/s1. The van der Waals surface area contributed by atoms with E-state index >= 15 is 0 Å². The lowest BCUT2D eigenvalue weighted by molar-refractivity contribution is -0.146. The van der Waals surface area contributed by atoms with E-state index in [1.807, 2.05) is 26.8 Å². The molecule has 2 saturated heterocycles. The van der Waals surface area contributed by atoms with Gasteiger partial charge in [0.25, 0.3) is 0 Å². The number of nitriles is 1. The number of nitrogens with one attached hydrogen (secondary N) is 3. The minimum absolute atomic E-state index is 0.0259. The average Bonchev–Trinajstić information content (AvgIpc) is 3.18. The van der Waals surface area contributed by atoms with Crippen LogP contribution in [0.1, 0.15) is 60.3 Å². The highest BCUT2D eigenvalue weighted by Gasteiger charge is 2.50. The van der Waals surface area contributed by atoms with Gasteiger partial charge in [0, 0.05) is 19.0 Å². The first-order chi connectivity index (χ1) is 16.9. The van der Waals surface area contributed by atoms with Crippen molar-refractivity contribution in [3.05, 3.63) is 0 Å². The predicted octanol–water partition coefficient (Wildman–Crippen LogP) is 1.64. The molecule has 37 heavy (non-hydrogen) atoms. The van der Waals surface area contributed by atoms with Gasteiger partial charge in [-0.05, 0) is 42.9 Å². The third-order valence-corrected chi connectivity index (χ3v) is 8.26. The molecule has 14 heteroatoms. The number of carbonyl (C=O) groups excluding carboxylic acids is 3. The Labute approximate surface area is 215 Å². The maximum atomic E-state index is 13.4. The number of halogens is 3. The van der Waals surface area contributed by atoms with Gasteiger partial charge < -0.3 is 15.5 Å². The Morgan fingerprint density at radius 2 is 1.84 bits per heavy atom. The fourth-order valence-electron chi connectivity index (χ4n) is 4.71. The van der Waals surface area contributed by atoms with Crippen LogP contribution >= 0.6 is 0 Å². The highest BCUT2D eigenvalue weighted by atomic mass is 32.2. The minimum Gasteiger partial charge on any atom is -0.356 e. The highest BCUT2D eigenvalue weighted by Crippen LogP contribution is 2.37. The van der Waals surface area contributed by atoms with Gasteiger partial charge in [0.15, 0.2) is 0 Å². The van der Waals surface area contributed by atoms with E-state index < -0.39 is 57.3 Å². The summed E-state index contributed by atoms with van der Waals surface area (Å²) in [5.74, 6) is -3.15. The van der Waals surface area contributed by atoms with E-state index in [0.29, 0.717) is 19.4 Å². The molecule has 2 fully saturated rings. The topological polar surface area (TPSA) is 148 Å². The van der Waals surface area contributed by atoms with Crippen molar-refractivity contribution in [1.29, 1.82) is 5.26 Å². The summed E-state index contributed by atoms with van der Waals surface area (Å²) in [5.41, 5.74) is -5.86. The molecule has 0 radical (unpaired) electrons. The van der Waals surface area contributed by atoms with Gasteiger partial charge in [-0.1, -0.05) is 34.6 Å². The summed E-state index contributed by atoms with van der Waals surface area (Å²) >= 11 is 0. The molecule has 2 aliphatic rings. The van der Waals surface area contributed by atoms with E-state index in [2.05, 4.69) is 10.6 Å². The number of sulfonamides is 1. The van der Waals surface area contributed by atoms with Gasteiger partial charge in [-0.3, -0.25) is 14.4 Å². The van der Waals surface area contributed by atoms with Gasteiger partial charge in [0.2, 0.25) is 17.7 Å². The summed E-state index contributed by atoms with van der Waals surface area (Å²) in [6.45, 7) is 9.20. The molecule has 2 rings (SSSR count). The number of hydrogen-bond donors (Lipinski definition) is 3. The van der Waals surface area contributed by atoms with Crippen LogP contribution in [0.25, 0.3) is 0 Å². The van der Waals surface area contributed by atoms with Crippen LogP contribution in [0, 0.1) is 34.5 Å². The largest absolute Gasteiger partial charge is 0.511 e. The molecule has 2 aliphatic heterocycles. The molecule has 5 atom stereocenters. The Kier molecular flexibility index (Phi) is 9.62. The lowest BCUT2D eigenvalue weighted by atomic mass is 9.73.